The fourth-order valence-corrected chi connectivity index (χ4v) is 3.69. The van der Waals surface area contributed by atoms with Gasteiger partial charge in [0.15, 0.2) is 0 Å². The monoisotopic (exact) mass is 421 g/mol. The summed E-state index contributed by atoms with van der Waals surface area (Å²) in [7, 11) is 0. The van der Waals surface area contributed by atoms with Gasteiger partial charge < -0.3 is 9.71 Å². The molecular weight excluding hydrogens is 406 g/mol. The molecule has 144 valence electrons. The van der Waals surface area contributed by atoms with Crippen LogP contribution >= 0.6 is 23.5 Å². The van der Waals surface area contributed by atoms with Crippen molar-refractivity contribution in [3.05, 3.63) is 89.4 Å². The Morgan fingerprint density at radius 2 is 1.59 bits per heavy atom. The van der Waals surface area contributed by atoms with Crippen LogP contribution in [-0.4, -0.2) is 16.1 Å². The average molecular weight is 422 g/mol. The Kier molecular flexibility index (Phi) is 5.55. The Balaban J connectivity index is 1.57. The lowest BCUT2D eigenvalue weighted by molar-refractivity contribution is 0.0969. The number of fused-ring (bicyclic) bond motifs is 1. The number of hydrogen-bond acceptors (Lipinski definition) is 4. The van der Waals surface area contributed by atoms with Gasteiger partial charge in [0.1, 0.15) is 0 Å². The number of H-pyrrole nitrogens is 1. The van der Waals surface area contributed by atoms with E-state index in [-0.39, 0.29) is 0 Å². The molecule has 3 N–H and O–H groups in total. The molecular formula is C22H16ClN3O2S. The van der Waals surface area contributed by atoms with Gasteiger partial charge in [-0.25, -0.2) is 0 Å². The van der Waals surface area contributed by atoms with Gasteiger partial charge in [-0.3, -0.25) is 14.9 Å². The van der Waals surface area contributed by atoms with Crippen LogP contribution in [0.15, 0.2) is 78.9 Å². The van der Waals surface area contributed by atoms with Gasteiger partial charge in [-0.15, -0.1) is 0 Å². The molecule has 1 heterocycles. The van der Waals surface area contributed by atoms with Crippen LogP contribution in [0.5, 0.6) is 0 Å². The smallest absolute Gasteiger partial charge is 0.306 e. The average Bonchev–Trinajstić information content (AvgIpc) is 3.11. The summed E-state index contributed by atoms with van der Waals surface area (Å²) in [6.45, 7) is 0. The molecule has 5 nitrogen and oxygen atoms in total. The zero-order valence-electron chi connectivity index (χ0n) is 15.1. The molecule has 0 atom stereocenters. The third-order valence-corrected chi connectivity index (χ3v) is 5.15. The van der Waals surface area contributed by atoms with Gasteiger partial charge in [0.2, 0.25) is 0 Å². The molecule has 29 heavy (non-hydrogen) atoms. The molecule has 0 unspecified atom stereocenters. The van der Waals surface area contributed by atoms with Crippen LogP contribution in [0.1, 0.15) is 10.4 Å². The molecule has 0 saturated carbocycles. The number of anilines is 1. The number of aromatic amines is 1. The molecule has 0 aliphatic carbocycles. The molecule has 0 radical (unpaired) electrons. The fraction of sp³-hybridized carbons (Fsp3) is 0. The highest BCUT2D eigenvalue weighted by Crippen LogP contribution is 2.37. The summed E-state index contributed by atoms with van der Waals surface area (Å²) >= 11 is 6.98. The van der Waals surface area contributed by atoms with Crippen molar-refractivity contribution in [3.8, 4) is 11.3 Å². The first kappa shape index (κ1) is 19.1. The first-order valence-corrected chi connectivity index (χ1v) is 10.0. The first-order chi connectivity index (χ1) is 14.1. The van der Waals surface area contributed by atoms with Gasteiger partial charge in [-0.05, 0) is 30.3 Å². The Hall–Kier alpha value is -3.22. The highest BCUT2D eigenvalue weighted by molar-refractivity contribution is 8.14. The lowest BCUT2D eigenvalue weighted by Crippen LogP contribution is -2.27. The summed E-state index contributed by atoms with van der Waals surface area (Å²) in [5, 5.41) is 3.30. The van der Waals surface area contributed by atoms with E-state index < -0.39 is 11.1 Å². The summed E-state index contributed by atoms with van der Waals surface area (Å²) in [4.78, 5) is 27.8. The maximum absolute atomic E-state index is 12.3. The zero-order chi connectivity index (χ0) is 20.2. The van der Waals surface area contributed by atoms with Crippen molar-refractivity contribution in [2.45, 2.75) is 0 Å². The number of aromatic nitrogens is 1. The number of hydrogen-bond donors (Lipinski definition) is 3. The van der Waals surface area contributed by atoms with Gasteiger partial charge >= 0.3 is 5.24 Å². The zero-order valence-corrected chi connectivity index (χ0v) is 16.7. The van der Waals surface area contributed by atoms with E-state index in [1.807, 2.05) is 48.5 Å². The number of halogens is 1. The van der Waals surface area contributed by atoms with E-state index in [0.29, 0.717) is 10.6 Å². The Morgan fingerprint density at radius 1 is 0.897 bits per heavy atom. The van der Waals surface area contributed by atoms with Crippen LogP contribution in [0.2, 0.25) is 5.02 Å². The molecule has 3 aromatic carbocycles. The van der Waals surface area contributed by atoms with Gasteiger partial charge in [-0.1, -0.05) is 60.1 Å². The number of imide groups is 1. The Morgan fingerprint density at radius 3 is 2.31 bits per heavy atom. The fourth-order valence-electron chi connectivity index (χ4n) is 2.97. The quantitative estimate of drug-likeness (QED) is 0.348. The van der Waals surface area contributed by atoms with E-state index in [4.69, 9.17) is 11.6 Å². The second kappa shape index (κ2) is 8.43. The van der Waals surface area contributed by atoms with Crippen molar-refractivity contribution in [3.63, 3.8) is 0 Å². The van der Waals surface area contributed by atoms with Crippen molar-refractivity contribution in [2.24, 2.45) is 0 Å². The van der Waals surface area contributed by atoms with E-state index in [2.05, 4.69) is 15.0 Å². The predicted molar refractivity (Wildman–Crippen MR) is 119 cm³/mol. The highest BCUT2D eigenvalue weighted by atomic mass is 35.5. The predicted octanol–water partition coefficient (Wildman–Crippen LogP) is 6.10. The van der Waals surface area contributed by atoms with Crippen LogP contribution in [0, 0.1) is 0 Å². The molecule has 0 fully saturated rings. The second-order valence-electron chi connectivity index (χ2n) is 6.24. The van der Waals surface area contributed by atoms with Crippen LogP contribution < -0.4 is 10.0 Å². The van der Waals surface area contributed by atoms with Crippen molar-refractivity contribution in [1.29, 1.82) is 0 Å². The standard InChI is InChI=1S/C22H16ClN3O2S/c23-16-11-12-18-17(13-16)20(19(24-18)14-7-3-1-4-8-14)26-29-22(28)25-21(27)15-9-5-2-6-10-15/h1-13,24,26H,(H,25,27,28). The van der Waals surface area contributed by atoms with Gasteiger partial charge in [0, 0.05) is 39.0 Å². The molecule has 2 amide bonds. The number of rotatable bonds is 4. The lowest BCUT2D eigenvalue weighted by atomic mass is 10.1. The molecule has 1 aromatic heterocycles. The molecule has 0 aliphatic rings. The van der Waals surface area contributed by atoms with Gasteiger partial charge in [-0.2, -0.15) is 0 Å². The largest absolute Gasteiger partial charge is 0.353 e. The van der Waals surface area contributed by atoms with Crippen molar-refractivity contribution < 1.29 is 9.59 Å². The number of carbonyl (C=O) groups is 2. The normalized spacial score (nSPS) is 10.7. The minimum Gasteiger partial charge on any atom is -0.353 e. The van der Waals surface area contributed by atoms with E-state index in [1.54, 1.807) is 30.3 Å². The highest BCUT2D eigenvalue weighted by Gasteiger charge is 2.16. The van der Waals surface area contributed by atoms with E-state index in [0.717, 1.165) is 39.8 Å². The molecule has 0 saturated heterocycles. The van der Waals surface area contributed by atoms with Crippen molar-refractivity contribution >= 4 is 51.3 Å². The van der Waals surface area contributed by atoms with Crippen LogP contribution in [0.3, 0.4) is 0 Å². The molecule has 0 aliphatic heterocycles. The second-order valence-corrected chi connectivity index (χ2v) is 7.46. The number of carbonyl (C=O) groups excluding carboxylic acids is 2. The van der Waals surface area contributed by atoms with Gasteiger partial charge in [0.05, 0.1) is 11.4 Å². The maximum Gasteiger partial charge on any atom is 0.306 e. The van der Waals surface area contributed by atoms with Crippen molar-refractivity contribution in [1.82, 2.24) is 10.3 Å². The van der Waals surface area contributed by atoms with E-state index >= 15 is 0 Å². The SMILES string of the molecule is O=C(NC(=O)c1ccccc1)SNc1c(-c2ccccc2)[nH]c2ccc(Cl)cc12. The first-order valence-electron chi connectivity index (χ1n) is 8.81. The third kappa shape index (κ3) is 4.29. The van der Waals surface area contributed by atoms with Crippen LogP contribution in [0.4, 0.5) is 10.5 Å². The number of benzene rings is 3. The molecule has 4 rings (SSSR count). The summed E-state index contributed by atoms with van der Waals surface area (Å²) in [6, 6.07) is 23.9. The van der Waals surface area contributed by atoms with Crippen LogP contribution in [-0.2, 0) is 0 Å². The minimum atomic E-state index is -0.505. The van der Waals surface area contributed by atoms with Crippen LogP contribution in [0.25, 0.3) is 22.2 Å². The molecule has 7 heteroatoms. The van der Waals surface area contributed by atoms with E-state index in [1.165, 1.54) is 0 Å². The number of amides is 2. The maximum atomic E-state index is 12.3. The summed E-state index contributed by atoms with van der Waals surface area (Å²) in [6.07, 6.45) is 0. The molecule has 0 bridgehead atoms. The summed E-state index contributed by atoms with van der Waals surface area (Å²) in [5.41, 5.74) is 3.82. The Bertz CT molecular complexity index is 1180. The number of nitrogens with one attached hydrogen (secondary N) is 3. The molecule has 4 aromatic rings. The third-order valence-electron chi connectivity index (χ3n) is 4.32. The van der Waals surface area contributed by atoms with Crippen molar-refractivity contribution in [2.75, 3.05) is 4.72 Å². The molecule has 0 spiro atoms. The Labute approximate surface area is 176 Å². The summed E-state index contributed by atoms with van der Waals surface area (Å²) < 4.78 is 3.08. The van der Waals surface area contributed by atoms with E-state index in [9.17, 15) is 9.59 Å². The topological polar surface area (TPSA) is 74.0 Å². The lowest BCUT2D eigenvalue weighted by Gasteiger charge is -2.08. The van der Waals surface area contributed by atoms with Gasteiger partial charge in [0.25, 0.3) is 5.91 Å². The summed E-state index contributed by atoms with van der Waals surface area (Å²) in [5.74, 6) is -0.449. The minimum absolute atomic E-state index is 0.422.